The first-order chi connectivity index (χ1) is 8.20. The molecular formula is C13H11ClO3. The van der Waals surface area contributed by atoms with E-state index in [-0.39, 0.29) is 5.43 Å². The first kappa shape index (κ1) is 10.7. The zero-order chi connectivity index (χ0) is 12.0. The smallest absolute Gasteiger partial charge is 0.196 e. The summed E-state index contributed by atoms with van der Waals surface area (Å²) in [5.41, 5.74) is 1.40. The molecule has 4 heteroatoms. The summed E-state index contributed by atoms with van der Waals surface area (Å²) in [7, 11) is 1.53. The van der Waals surface area contributed by atoms with Gasteiger partial charge in [-0.15, -0.1) is 0 Å². The van der Waals surface area contributed by atoms with Gasteiger partial charge in [0, 0.05) is 18.1 Å². The molecule has 0 N–H and O–H groups in total. The number of methoxy groups -OCH3 is 1. The monoisotopic (exact) mass is 250 g/mol. The molecule has 0 unspecified atom stereocenters. The van der Waals surface area contributed by atoms with Crippen LogP contribution in [0.25, 0.3) is 11.0 Å². The molecule has 0 fully saturated rings. The summed E-state index contributed by atoms with van der Waals surface area (Å²) >= 11 is 6.02. The van der Waals surface area contributed by atoms with Crippen LogP contribution < -0.4 is 10.2 Å². The second-order valence-corrected chi connectivity index (χ2v) is 4.58. The molecule has 1 aliphatic rings. The van der Waals surface area contributed by atoms with Crippen molar-refractivity contribution >= 4 is 22.6 Å². The third-order valence-corrected chi connectivity index (χ3v) is 3.47. The van der Waals surface area contributed by atoms with Gasteiger partial charge in [0.25, 0.3) is 0 Å². The van der Waals surface area contributed by atoms with Crippen LogP contribution in [-0.2, 0) is 12.8 Å². The van der Waals surface area contributed by atoms with Crippen LogP contribution in [0.5, 0.6) is 5.75 Å². The third-order valence-electron chi connectivity index (χ3n) is 3.17. The molecule has 0 atom stereocenters. The van der Waals surface area contributed by atoms with E-state index in [0.29, 0.717) is 21.7 Å². The largest absolute Gasteiger partial charge is 0.495 e. The van der Waals surface area contributed by atoms with Crippen molar-refractivity contribution in [1.82, 2.24) is 0 Å². The van der Waals surface area contributed by atoms with Crippen LogP contribution in [0.15, 0.2) is 21.3 Å². The number of aryl methyl sites for hydroxylation is 1. The minimum Gasteiger partial charge on any atom is -0.495 e. The highest BCUT2D eigenvalue weighted by atomic mass is 35.5. The zero-order valence-corrected chi connectivity index (χ0v) is 10.1. The summed E-state index contributed by atoms with van der Waals surface area (Å²) in [6.45, 7) is 0. The molecule has 3 rings (SSSR count). The average Bonchev–Trinajstić information content (AvgIpc) is 2.77. The highest BCUT2D eigenvalue weighted by Gasteiger charge is 2.20. The van der Waals surface area contributed by atoms with E-state index in [0.717, 1.165) is 30.6 Å². The van der Waals surface area contributed by atoms with Gasteiger partial charge in [0.05, 0.1) is 17.5 Å². The Labute approximate surface area is 103 Å². The van der Waals surface area contributed by atoms with Gasteiger partial charge < -0.3 is 9.15 Å². The van der Waals surface area contributed by atoms with E-state index in [2.05, 4.69) is 0 Å². The van der Waals surface area contributed by atoms with E-state index in [1.165, 1.54) is 7.11 Å². The quantitative estimate of drug-likeness (QED) is 0.781. The lowest BCUT2D eigenvalue weighted by Crippen LogP contribution is -2.08. The van der Waals surface area contributed by atoms with E-state index >= 15 is 0 Å². The number of halogens is 1. The number of hydrogen-bond donors (Lipinski definition) is 0. The Morgan fingerprint density at radius 2 is 2.18 bits per heavy atom. The van der Waals surface area contributed by atoms with Gasteiger partial charge in [0.15, 0.2) is 5.43 Å². The van der Waals surface area contributed by atoms with Crippen LogP contribution in [-0.4, -0.2) is 7.11 Å². The van der Waals surface area contributed by atoms with Crippen molar-refractivity contribution < 1.29 is 9.15 Å². The Morgan fingerprint density at radius 1 is 1.35 bits per heavy atom. The van der Waals surface area contributed by atoms with Crippen molar-refractivity contribution in [3.05, 3.63) is 38.7 Å². The molecule has 1 heterocycles. The minimum absolute atomic E-state index is 0.0497. The second kappa shape index (κ2) is 3.77. The van der Waals surface area contributed by atoms with Crippen LogP contribution in [0.1, 0.15) is 17.7 Å². The van der Waals surface area contributed by atoms with E-state index in [1.807, 2.05) is 0 Å². The van der Waals surface area contributed by atoms with Crippen molar-refractivity contribution in [2.45, 2.75) is 19.3 Å². The number of benzene rings is 1. The van der Waals surface area contributed by atoms with Gasteiger partial charge >= 0.3 is 0 Å². The minimum atomic E-state index is 0.0497. The maximum atomic E-state index is 12.2. The Balaban J connectivity index is 2.40. The standard InChI is InChI=1S/C13H11ClO3/c1-16-12-5-8-11(6-9(12)14)17-10-4-2-3-7(10)13(8)15/h5-6H,2-4H2,1H3. The normalized spacial score (nSPS) is 14.0. The fourth-order valence-electron chi connectivity index (χ4n) is 2.32. The molecular weight excluding hydrogens is 240 g/mol. The van der Waals surface area contributed by atoms with Gasteiger partial charge in [-0.3, -0.25) is 4.79 Å². The van der Waals surface area contributed by atoms with Crippen LogP contribution in [0, 0.1) is 0 Å². The van der Waals surface area contributed by atoms with Gasteiger partial charge in [-0.25, -0.2) is 0 Å². The maximum absolute atomic E-state index is 12.2. The summed E-state index contributed by atoms with van der Waals surface area (Å²) in [5, 5.41) is 1.01. The molecule has 1 aliphatic carbocycles. The maximum Gasteiger partial charge on any atom is 0.196 e. The van der Waals surface area contributed by atoms with Crippen molar-refractivity contribution in [3.63, 3.8) is 0 Å². The predicted molar refractivity (Wildman–Crippen MR) is 66.1 cm³/mol. The van der Waals surface area contributed by atoms with Gasteiger partial charge in [-0.2, -0.15) is 0 Å². The molecule has 1 aromatic carbocycles. The van der Waals surface area contributed by atoms with Crippen LogP contribution in [0.4, 0.5) is 0 Å². The van der Waals surface area contributed by atoms with Crippen molar-refractivity contribution in [2.24, 2.45) is 0 Å². The summed E-state index contributed by atoms with van der Waals surface area (Å²) in [4.78, 5) is 12.2. The molecule has 17 heavy (non-hydrogen) atoms. The second-order valence-electron chi connectivity index (χ2n) is 4.17. The molecule has 2 aromatic rings. The summed E-state index contributed by atoms with van der Waals surface area (Å²) < 4.78 is 10.8. The summed E-state index contributed by atoms with van der Waals surface area (Å²) in [6, 6.07) is 3.30. The fourth-order valence-corrected chi connectivity index (χ4v) is 2.55. The Kier molecular flexibility index (Phi) is 2.37. The molecule has 0 bridgehead atoms. The van der Waals surface area contributed by atoms with Crippen molar-refractivity contribution in [2.75, 3.05) is 7.11 Å². The third kappa shape index (κ3) is 1.53. The van der Waals surface area contributed by atoms with Crippen LogP contribution in [0.2, 0.25) is 5.02 Å². The van der Waals surface area contributed by atoms with Gasteiger partial charge in [0.1, 0.15) is 17.1 Å². The molecule has 88 valence electrons. The lowest BCUT2D eigenvalue weighted by molar-refractivity contribution is 0.415. The highest BCUT2D eigenvalue weighted by Crippen LogP contribution is 2.31. The molecule has 0 saturated heterocycles. The molecule has 3 nitrogen and oxygen atoms in total. The molecule has 0 saturated carbocycles. The Morgan fingerprint density at radius 3 is 2.94 bits per heavy atom. The first-order valence-electron chi connectivity index (χ1n) is 5.53. The summed E-state index contributed by atoms with van der Waals surface area (Å²) in [6.07, 6.45) is 2.62. The fraction of sp³-hybridized carbons (Fsp3) is 0.308. The summed E-state index contributed by atoms with van der Waals surface area (Å²) in [5.74, 6) is 1.31. The lowest BCUT2D eigenvalue weighted by atomic mass is 10.1. The van der Waals surface area contributed by atoms with E-state index in [1.54, 1.807) is 12.1 Å². The number of hydrogen-bond acceptors (Lipinski definition) is 3. The molecule has 1 aromatic heterocycles. The molecule has 0 amide bonds. The number of ether oxygens (including phenoxy) is 1. The topological polar surface area (TPSA) is 39.4 Å². The van der Waals surface area contributed by atoms with Crippen molar-refractivity contribution in [1.29, 1.82) is 0 Å². The lowest BCUT2D eigenvalue weighted by Gasteiger charge is -2.06. The van der Waals surface area contributed by atoms with Gasteiger partial charge in [-0.1, -0.05) is 11.6 Å². The van der Waals surface area contributed by atoms with Crippen LogP contribution in [0.3, 0.4) is 0 Å². The Hall–Kier alpha value is -1.48. The number of fused-ring (bicyclic) bond motifs is 2. The van der Waals surface area contributed by atoms with E-state index < -0.39 is 0 Å². The van der Waals surface area contributed by atoms with Crippen LogP contribution >= 0.6 is 11.6 Å². The zero-order valence-electron chi connectivity index (χ0n) is 9.38. The van der Waals surface area contributed by atoms with Gasteiger partial charge in [0.2, 0.25) is 0 Å². The first-order valence-corrected chi connectivity index (χ1v) is 5.90. The molecule has 0 radical (unpaired) electrons. The van der Waals surface area contributed by atoms with E-state index in [9.17, 15) is 4.79 Å². The average molecular weight is 251 g/mol. The Bertz CT molecular complexity index is 658. The van der Waals surface area contributed by atoms with Gasteiger partial charge in [-0.05, 0) is 18.9 Å². The molecule has 0 aliphatic heterocycles. The highest BCUT2D eigenvalue weighted by molar-refractivity contribution is 6.32. The molecule has 0 spiro atoms. The van der Waals surface area contributed by atoms with Crippen molar-refractivity contribution in [3.8, 4) is 5.75 Å². The number of rotatable bonds is 1. The van der Waals surface area contributed by atoms with E-state index in [4.69, 9.17) is 20.8 Å². The predicted octanol–water partition coefficient (Wildman–Crippen LogP) is 2.94. The SMILES string of the molecule is COc1cc2c(=O)c3c(oc2cc1Cl)CCC3.